The largest absolute Gasteiger partial charge is 0.336 e. The second kappa shape index (κ2) is 10.3. The van der Waals surface area contributed by atoms with Crippen LogP contribution in [0.25, 0.3) is 76.3 Å². The van der Waals surface area contributed by atoms with E-state index in [1.165, 1.54) is 9.13 Å². The van der Waals surface area contributed by atoms with E-state index in [4.69, 9.17) is 0 Å². The summed E-state index contributed by atoms with van der Waals surface area (Å²) in [4.78, 5) is 55.9. The third-order valence-electron chi connectivity index (χ3n) is 10.0. The van der Waals surface area contributed by atoms with Gasteiger partial charge in [0.2, 0.25) is 0 Å². The van der Waals surface area contributed by atoms with E-state index in [9.17, 15) is 19.2 Å². The van der Waals surface area contributed by atoms with Crippen LogP contribution in [0.15, 0.2) is 159 Å². The van der Waals surface area contributed by atoms with Gasteiger partial charge in [-0.3, -0.25) is 19.2 Å². The lowest BCUT2D eigenvalue weighted by Gasteiger charge is -2.08. The van der Waals surface area contributed by atoms with E-state index in [0.29, 0.717) is 39.5 Å². The molecule has 0 bridgehead atoms. The summed E-state index contributed by atoms with van der Waals surface area (Å²) in [5, 5.41) is 6.57. The van der Waals surface area contributed by atoms with Crippen molar-refractivity contribution >= 4 is 64.9 Å². The maximum absolute atomic E-state index is 14.0. The Hall–Kier alpha value is -6.86. The van der Waals surface area contributed by atoms with E-state index in [-0.39, 0.29) is 0 Å². The van der Waals surface area contributed by atoms with Crippen molar-refractivity contribution in [3.8, 4) is 11.4 Å². The normalized spacial score (nSPS) is 12.0. The molecule has 0 radical (unpaired) electrons. The lowest BCUT2D eigenvalue weighted by molar-refractivity contribution is 0.870. The molecule has 50 heavy (non-hydrogen) atoms. The second-order valence-electron chi connectivity index (χ2n) is 12.9. The molecule has 0 spiro atoms. The summed E-state index contributed by atoms with van der Waals surface area (Å²) in [6, 6.07) is 43.8. The summed E-state index contributed by atoms with van der Waals surface area (Å²) in [5.74, 6) is 0. The van der Waals surface area contributed by atoms with Crippen LogP contribution in [0.3, 0.4) is 0 Å². The Morgan fingerprint density at radius 3 is 1.22 bits per heavy atom. The lowest BCUT2D eigenvalue weighted by atomic mass is 10.1. The monoisotopic (exact) mass is 647 g/mol. The smallest absolute Gasteiger partial charge is 0.266 e. The molecule has 3 heterocycles. The SMILES string of the molecule is O=c1c2cc3c4cc5c(=O)n(-c6ccc7ccccc7c6)c(=O)c5cc4n(Cc4ccccc4)c3cc2c(=O)n1-c1ccc2ccccc2c1. The van der Waals surface area contributed by atoms with Crippen LogP contribution in [0, 0.1) is 0 Å². The van der Waals surface area contributed by atoms with Gasteiger partial charge in [-0.15, -0.1) is 0 Å². The van der Waals surface area contributed by atoms with Crippen molar-refractivity contribution in [2.45, 2.75) is 6.54 Å². The summed E-state index contributed by atoms with van der Waals surface area (Å²) in [6.07, 6.45) is 0. The van der Waals surface area contributed by atoms with Crippen LogP contribution in [-0.2, 0) is 6.54 Å². The molecule has 7 nitrogen and oxygen atoms in total. The summed E-state index contributed by atoms with van der Waals surface area (Å²) in [7, 11) is 0. The van der Waals surface area contributed by atoms with Crippen LogP contribution in [0.1, 0.15) is 5.56 Å². The fraction of sp³-hybridized carbons (Fsp3) is 0.0233. The van der Waals surface area contributed by atoms with E-state index in [0.717, 1.165) is 48.9 Å². The van der Waals surface area contributed by atoms with Gasteiger partial charge in [0.1, 0.15) is 0 Å². The van der Waals surface area contributed by atoms with Gasteiger partial charge in [0, 0.05) is 17.3 Å². The molecule has 0 atom stereocenters. The molecule has 10 rings (SSSR count). The minimum absolute atomic E-state index is 0.301. The molecule has 0 aliphatic heterocycles. The molecule has 0 amide bonds. The standard InChI is InChI=1S/C43H25N3O4/c47-40-34-20-32-33-21-35-37(43(50)46(41(35)48)31-17-15-27-11-5-7-13-29(27)19-31)23-39(33)44(24-25-8-2-1-3-9-25)38(32)22-36(34)42(49)45(40)30-16-14-26-10-4-6-12-28(26)18-30/h1-23H,24H2. The molecule has 0 fully saturated rings. The van der Waals surface area contributed by atoms with Crippen LogP contribution < -0.4 is 22.2 Å². The highest BCUT2D eigenvalue weighted by molar-refractivity contribution is 6.16. The van der Waals surface area contributed by atoms with Crippen molar-refractivity contribution < 1.29 is 0 Å². The number of rotatable bonds is 4. The maximum Gasteiger partial charge on any atom is 0.266 e. The second-order valence-corrected chi connectivity index (χ2v) is 12.9. The van der Waals surface area contributed by atoms with E-state index in [1.54, 1.807) is 36.4 Å². The van der Waals surface area contributed by atoms with Gasteiger partial charge in [-0.05, 0) is 75.6 Å². The topological polar surface area (TPSA) is 83.1 Å². The molecular formula is C43H25N3O4. The van der Waals surface area contributed by atoms with Gasteiger partial charge >= 0.3 is 0 Å². The Morgan fingerprint density at radius 1 is 0.360 bits per heavy atom. The number of hydrogen-bond acceptors (Lipinski definition) is 4. The first-order chi connectivity index (χ1) is 24.4. The highest BCUT2D eigenvalue weighted by Crippen LogP contribution is 2.34. The average molecular weight is 648 g/mol. The van der Waals surface area contributed by atoms with Gasteiger partial charge < -0.3 is 4.57 Å². The Kier molecular flexibility index (Phi) is 5.82. The van der Waals surface area contributed by atoms with Crippen LogP contribution in [0.5, 0.6) is 0 Å². The Morgan fingerprint density at radius 2 is 0.760 bits per heavy atom. The lowest BCUT2D eigenvalue weighted by Crippen LogP contribution is -2.23. The predicted molar refractivity (Wildman–Crippen MR) is 201 cm³/mol. The Labute approximate surface area is 282 Å². The van der Waals surface area contributed by atoms with Crippen molar-refractivity contribution in [3.63, 3.8) is 0 Å². The number of benzene rings is 7. The first kappa shape index (κ1) is 28.2. The average Bonchev–Trinajstić information content (AvgIpc) is 3.68. The van der Waals surface area contributed by atoms with Gasteiger partial charge in [0.15, 0.2) is 0 Å². The molecular weight excluding hydrogens is 622 g/mol. The fourth-order valence-corrected chi connectivity index (χ4v) is 7.60. The van der Waals surface area contributed by atoms with E-state index in [2.05, 4.69) is 4.57 Å². The van der Waals surface area contributed by atoms with Gasteiger partial charge in [-0.25, -0.2) is 9.13 Å². The first-order valence-corrected chi connectivity index (χ1v) is 16.4. The summed E-state index contributed by atoms with van der Waals surface area (Å²) in [6.45, 7) is 0.450. The molecule has 0 saturated heterocycles. The zero-order valence-corrected chi connectivity index (χ0v) is 26.5. The molecule has 0 saturated carbocycles. The fourth-order valence-electron chi connectivity index (χ4n) is 7.60. The Bertz CT molecular complexity index is 3070. The molecule has 10 aromatic rings. The third-order valence-corrected chi connectivity index (χ3v) is 10.0. The van der Waals surface area contributed by atoms with Crippen LogP contribution in [0.2, 0.25) is 0 Å². The van der Waals surface area contributed by atoms with E-state index in [1.807, 2.05) is 103 Å². The minimum atomic E-state index is -0.402. The first-order valence-electron chi connectivity index (χ1n) is 16.4. The van der Waals surface area contributed by atoms with Crippen LogP contribution in [-0.4, -0.2) is 13.7 Å². The van der Waals surface area contributed by atoms with E-state index >= 15 is 0 Å². The van der Waals surface area contributed by atoms with Gasteiger partial charge in [-0.2, -0.15) is 0 Å². The van der Waals surface area contributed by atoms with Crippen molar-refractivity contribution in [2.24, 2.45) is 0 Å². The number of hydrogen-bond donors (Lipinski definition) is 0. The number of nitrogens with zero attached hydrogens (tertiary/aromatic N) is 3. The molecule has 3 aromatic heterocycles. The van der Waals surface area contributed by atoms with Gasteiger partial charge in [-0.1, -0.05) is 91.0 Å². The number of aromatic nitrogens is 3. The highest BCUT2D eigenvalue weighted by atomic mass is 16.2. The summed E-state index contributed by atoms with van der Waals surface area (Å²) < 4.78 is 4.54. The molecule has 0 aliphatic rings. The maximum atomic E-state index is 14.0. The Balaban J connectivity index is 1.25. The van der Waals surface area contributed by atoms with Crippen LogP contribution >= 0.6 is 0 Å². The number of fused-ring (bicyclic) bond motifs is 7. The molecule has 0 N–H and O–H groups in total. The predicted octanol–water partition coefficient (Wildman–Crippen LogP) is 7.35. The van der Waals surface area contributed by atoms with Crippen LogP contribution in [0.4, 0.5) is 0 Å². The quantitative estimate of drug-likeness (QED) is 0.200. The molecule has 0 unspecified atom stereocenters. The van der Waals surface area contributed by atoms with Crippen molar-refractivity contribution in [1.82, 2.24) is 13.7 Å². The summed E-state index contributed by atoms with van der Waals surface area (Å²) >= 11 is 0. The summed E-state index contributed by atoms with van der Waals surface area (Å²) in [5.41, 5.74) is 1.92. The molecule has 236 valence electrons. The molecule has 7 aromatic carbocycles. The van der Waals surface area contributed by atoms with Gasteiger partial charge in [0.05, 0.1) is 44.0 Å². The third kappa shape index (κ3) is 3.97. The zero-order valence-electron chi connectivity index (χ0n) is 26.5. The van der Waals surface area contributed by atoms with E-state index < -0.39 is 22.2 Å². The van der Waals surface area contributed by atoms with Gasteiger partial charge in [0.25, 0.3) is 22.2 Å². The zero-order chi connectivity index (χ0) is 33.7. The molecule has 0 aliphatic carbocycles. The highest BCUT2D eigenvalue weighted by Gasteiger charge is 2.22. The van der Waals surface area contributed by atoms with Crippen molar-refractivity contribution in [3.05, 3.63) is 187 Å². The van der Waals surface area contributed by atoms with Crippen molar-refractivity contribution in [2.75, 3.05) is 0 Å². The van der Waals surface area contributed by atoms with Crippen molar-refractivity contribution in [1.29, 1.82) is 0 Å². The molecule has 7 heteroatoms. The minimum Gasteiger partial charge on any atom is -0.336 e.